The normalized spacial score (nSPS) is 12.8. The molecule has 2 aromatic heterocycles. The number of aliphatic hydroxyl groups is 1. The van der Waals surface area contributed by atoms with Gasteiger partial charge in [0.05, 0.1) is 18.3 Å². The first kappa shape index (κ1) is 12.8. The first-order valence-electron chi connectivity index (χ1n) is 5.92. The number of aromatic nitrogens is 3. The smallest absolute Gasteiger partial charge is 0.152 e. The number of hydrogen-bond acceptors (Lipinski definition) is 5. The fourth-order valence-electron chi connectivity index (χ4n) is 1.82. The average Bonchev–Trinajstić information content (AvgIpc) is 2.75. The minimum absolute atomic E-state index is 0.0409. The van der Waals surface area contributed by atoms with Gasteiger partial charge in [-0.05, 0) is 19.4 Å². The Bertz CT molecular complexity index is 512. The van der Waals surface area contributed by atoms with Crippen molar-refractivity contribution < 1.29 is 9.84 Å². The molecular formula is C12H18N4O2. The van der Waals surface area contributed by atoms with Crippen molar-refractivity contribution in [2.45, 2.75) is 19.4 Å². The number of rotatable bonds is 6. The zero-order valence-corrected chi connectivity index (χ0v) is 10.6. The molecule has 0 aliphatic rings. The van der Waals surface area contributed by atoms with Crippen LogP contribution in [0.4, 0.5) is 5.82 Å². The summed E-state index contributed by atoms with van der Waals surface area (Å²) in [5, 5.41) is 16.9. The Morgan fingerprint density at radius 2 is 2.39 bits per heavy atom. The number of fused-ring (bicyclic) bond motifs is 1. The summed E-state index contributed by atoms with van der Waals surface area (Å²) >= 11 is 0. The standard InChI is InChI=1S/C12H18N4O2/c1-9-7-11-12(13-4-5-16(11)15-9)14-10(8-17)3-6-18-2/h4-5,7,10,17H,3,6,8H2,1-2H3,(H,13,14). The van der Waals surface area contributed by atoms with Gasteiger partial charge in [0, 0.05) is 26.1 Å². The van der Waals surface area contributed by atoms with Gasteiger partial charge >= 0.3 is 0 Å². The maximum Gasteiger partial charge on any atom is 0.152 e. The van der Waals surface area contributed by atoms with Gasteiger partial charge in [-0.15, -0.1) is 0 Å². The average molecular weight is 250 g/mol. The molecule has 18 heavy (non-hydrogen) atoms. The highest BCUT2D eigenvalue weighted by Gasteiger charge is 2.11. The Hall–Kier alpha value is -1.66. The van der Waals surface area contributed by atoms with E-state index in [1.807, 2.05) is 13.0 Å². The van der Waals surface area contributed by atoms with Gasteiger partial charge in [-0.1, -0.05) is 0 Å². The molecule has 6 nitrogen and oxygen atoms in total. The highest BCUT2D eigenvalue weighted by molar-refractivity contribution is 5.67. The summed E-state index contributed by atoms with van der Waals surface area (Å²) in [6.07, 6.45) is 4.21. The van der Waals surface area contributed by atoms with Gasteiger partial charge in [0.2, 0.25) is 0 Å². The van der Waals surface area contributed by atoms with Crippen LogP contribution in [0.15, 0.2) is 18.5 Å². The number of anilines is 1. The first-order valence-corrected chi connectivity index (χ1v) is 5.92. The predicted octanol–water partition coefficient (Wildman–Crippen LogP) is 0.847. The van der Waals surface area contributed by atoms with Crippen LogP contribution in [0.25, 0.3) is 5.52 Å². The minimum Gasteiger partial charge on any atom is -0.394 e. The van der Waals surface area contributed by atoms with E-state index >= 15 is 0 Å². The monoisotopic (exact) mass is 250 g/mol. The molecule has 0 aliphatic heterocycles. The van der Waals surface area contributed by atoms with Gasteiger partial charge in [-0.25, -0.2) is 9.50 Å². The minimum atomic E-state index is -0.0705. The van der Waals surface area contributed by atoms with Gasteiger partial charge in [0.15, 0.2) is 5.82 Å². The molecule has 0 saturated carbocycles. The SMILES string of the molecule is COCCC(CO)Nc1nccn2nc(C)cc12. The van der Waals surface area contributed by atoms with Crippen molar-refractivity contribution in [3.05, 3.63) is 24.2 Å². The number of aliphatic hydroxyl groups excluding tert-OH is 1. The number of ether oxygens (including phenoxy) is 1. The molecule has 1 atom stereocenters. The van der Waals surface area contributed by atoms with Crippen LogP contribution in [-0.4, -0.2) is 46.1 Å². The van der Waals surface area contributed by atoms with Crippen molar-refractivity contribution in [2.24, 2.45) is 0 Å². The lowest BCUT2D eigenvalue weighted by atomic mass is 10.2. The Morgan fingerprint density at radius 1 is 1.56 bits per heavy atom. The molecular weight excluding hydrogens is 232 g/mol. The van der Waals surface area contributed by atoms with Gasteiger partial charge < -0.3 is 15.2 Å². The first-order chi connectivity index (χ1) is 8.74. The molecule has 0 saturated heterocycles. The van der Waals surface area contributed by atoms with Gasteiger partial charge in [0.1, 0.15) is 5.52 Å². The molecule has 2 N–H and O–H groups in total. The van der Waals surface area contributed by atoms with Crippen molar-refractivity contribution >= 4 is 11.3 Å². The van der Waals surface area contributed by atoms with Crippen LogP contribution < -0.4 is 5.32 Å². The summed E-state index contributed by atoms with van der Waals surface area (Å²) in [5.41, 5.74) is 1.84. The van der Waals surface area contributed by atoms with Crippen LogP contribution in [0.2, 0.25) is 0 Å². The van der Waals surface area contributed by atoms with Crippen molar-refractivity contribution in [1.82, 2.24) is 14.6 Å². The van der Waals surface area contributed by atoms with Crippen LogP contribution in [0.3, 0.4) is 0 Å². The Balaban J connectivity index is 2.19. The van der Waals surface area contributed by atoms with E-state index in [1.54, 1.807) is 24.0 Å². The van der Waals surface area contributed by atoms with Gasteiger partial charge in [-0.2, -0.15) is 5.10 Å². The quantitative estimate of drug-likeness (QED) is 0.795. The summed E-state index contributed by atoms with van der Waals surface area (Å²) in [4.78, 5) is 4.29. The van der Waals surface area contributed by atoms with E-state index in [4.69, 9.17) is 4.74 Å². The lowest BCUT2D eigenvalue weighted by molar-refractivity contribution is 0.174. The fraction of sp³-hybridized carbons (Fsp3) is 0.500. The highest BCUT2D eigenvalue weighted by Crippen LogP contribution is 2.16. The summed E-state index contributed by atoms with van der Waals surface area (Å²) in [5.74, 6) is 0.730. The third kappa shape index (κ3) is 2.77. The molecule has 6 heteroatoms. The zero-order chi connectivity index (χ0) is 13.0. The summed E-state index contributed by atoms with van der Waals surface area (Å²) in [7, 11) is 1.65. The Kier molecular flexibility index (Phi) is 4.11. The summed E-state index contributed by atoms with van der Waals surface area (Å²) in [6, 6.07) is 1.89. The van der Waals surface area contributed by atoms with Crippen molar-refractivity contribution in [2.75, 3.05) is 25.6 Å². The molecule has 0 spiro atoms. The van der Waals surface area contributed by atoms with Crippen LogP contribution in [0.5, 0.6) is 0 Å². The summed E-state index contributed by atoms with van der Waals surface area (Å²) in [6.45, 7) is 2.57. The second-order valence-corrected chi connectivity index (χ2v) is 4.20. The van der Waals surface area contributed by atoms with Crippen LogP contribution in [0, 0.1) is 6.92 Å². The maximum atomic E-state index is 9.32. The highest BCUT2D eigenvalue weighted by atomic mass is 16.5. The molecule has 2 heterocycles. The molecule has 2 aromatic rings. The molecule has 0 fully saturated rings. The fourth-order valence-corrected chi connectivity index (χ4v) is 1.82. The summed E-state index contributed by atoms with van der Waals surface area (Å²) < 4.78 is 6.79. The van der Waals surface area contributed by atoms with E-state index in [2.05, 4.69) is 15.4 Å². The van der Waals surface area contributed by atoms with Gasteiger partial charge in [-0.3, -0.25) is 0 Å². The van der Waals surface area contributed by atoms with Crippen LogP contribution in [-0.2, 0) is 4.74 Å². The lowest BCUT2D eigenvalue weighted by Gasteiger charge is -2.16. The third-order valence-electron chi connectivity index (χ3n) is 2.74. The number of nitrogens with zero attached hydrogens (tertiary/aromatic N) is 3. The van der Waals surface area contributed by atoms with Crippen LogP contribution >= 0.6 is 0 Å². The molecule has 98 valence electrons. The van der Waals surface area contributed by atoms with E-state index in [0.29, 0.717) is 6.61 Å². The van der Waals surface area contributed by atoms with Crippen molar-refractivity contribution in [3.8, 4) is 0 Å². The Labute approximate surface area is 106 Å². The van der Waals surface area contributed by atoms with E-state index in [0.717, 1.165) is 23.4 Å². The van der Waals surface area contributed by atoms with E-state index in [-0.39, 0.29) is 12.6 Å². The second-order valence-electron chi connectivity index (χ2n) is 4.20. The van der Waals surface area contributed by atoms with Crippen molar-refractivity contribution in [1.29, 1.82) is 0 Å². The Morgan fingerprint density at radius 3 is 3.11 bits per heavy atom. The zero-order valence-electron chi connectivity index (χ0n) is 10.6. The topological polar surface area (TPSA) is 71.7 Å². The molecule has 0 aromatic carbocycles. The van der Waals surface area contributed by atoms with E-state index < -0.39 is 0 Å². The molecule has 0 aliphatic carbocycles. The van der Waals surface area contributed by atoms with Gasteiger partial charge in [0.25, 0.3) is 0 Å². The number of methoxy groups -OCH3 is 1. The number of hydrogen-bond donors (Lipinski definition) is 2. The largest absolute Gasteiger partial charge is 0.394 e. The van der Waals surface area contributed by atoms with Crippen LogP contribution in [0.1, 0.15) is 12.1 Å². The van der Waals surface area contributed by atoms with Crippen molar-refractivity contribution in [3.63, 3.8) is 0 Å². The molecule has 0 bridgehead atoms. The number of nitrogens with one attached hydrogen (secondary N) is 1. The molecule has 0 radical (unpaired) electrons. The number of aryl methyl sites for hydroxylation is 1. The predicted molar refractivity (Wildman–Crippen MR) is 68.7 cm³/mol. The lowest BCUT2D eigenvalue weighted by Crippen LogP contribution is -2.26. The third-order valence-corrected chi connectivity index (χ3v) is 2.74. The molecule has 0 amide bonds. The maximum absolute atomic E-state index is 9.32. The van der Waals surface area contributed by atoms with E-state index in [1.165, 1.54) is 0 Å². The second kappa shape index (κ2) is 5.79. The van der Waals surface area contributed by atoms with E-state index in [9.17, 15) is 5.11 Å². The molecule has 1 unspecified atom stereocenters. The molecule has 2 rings (SSSR count).